The van der Waals surface area contributed by atoms with Crippen LogP contribution in [-0.2, 0) is 18.4 Å². The van der Waals surface area contributed by atoms with Gasteiger partial charge in [0.15, 0.2) is 0 Å². The van der Waals surface area contributed by atoms with Crippen LogP contribution in [0.4, 0.5) is 4.79 Å². The molecule has 0 aliphatic heterocycles. The van der Waals surface area contributed by atoms with Crippen molar-refractivity contribution in [2.45, 2.75) is 13.5 Å². The second kappa shape index (κ2) is 6.04. The van der Waals surface area contributed by atoms with Crippen LogP contribution in [-0.4, -0.2) is 56.8 Å². The number of carbonyl (C=O) groups excluding carboxylic acids is 1. The lowest BCUT2D eigenvalue weighted by atomic mass is 10.3. The number of likely N-dealkylation sites (N-methyl/N-ethyl adjacent to an activating group) is 1. The van der Waals surface area contributed by atoms with Gasteiger partial charge in [-0.3, -0.25) is 9.48 Å². The molecule has 0 bridgehead atoms. The van der Waals surface area contributed by atoms with Crippen molar-refractivity contribution in [1.82, 2.24) is 19.6 Å². The minimum absolute atomic E-state index is 0.285. The molecule has 0 aliphatic rings. The number of rotatable bonds is 5. The first kappa shape index (κ1) is 14.0. The molecule has 2 amide bonds. The predicted molar refractivity (Wildman–Crippen MR) is 65.0 cm³/mol. The summed E-state index contributed by atoms with van der Waals surface area (Å²) in [4.78, 5) is 25.4. The molecule has 0 spiro atoms. The van der Waals surface area contributed by atoms with Crippen LogP contribution in [0.1, 0.15) is 12.5 Å². The zero-order valence-electron chi connectivity index (χ0n) is 10.8. The molecule has 18 heavy (non-hydrogen) atoms. The molecule has 1 heterocycles. The van der Waals surface area contributed by atoms with Crippen LogP contribution in [0.15, 0.2) is 12.4 Å². The Kier molecular flexibility index (Phi) is 4.70. The van der Waals surface area contributed by atoms with Gasteiger partial charge in [-0.15, -0.1) is 0 Å². The van der Waals surface area contributed by atoms with Crippen molar-refractivity contribution in [2.75, 3.05) is 20.1 Å². The van der Waals surface area contributed by atoms with E-state index in [1.807, 2.05) is 6.20 Å². The van der Waals surface area contributed by atoms with Crippen LogP contribution in [0.2, 0.25) is 0 Å². The third-order valence-electron chi connectivity index (χ3n) is 2.48. The van der Waals surface area contributed by atoms with Crippen molar-refractivity contribution in [2.24, 2.45) is 7.05 Å². The quantitative estimate of drug-likeness (QED) is 0.823. The van der Waals surface area contributed by atoms with E-state index in [4.69, 9.17) is 5.11 Å². The summed E-state index contributed by atoms with van der Waals surface area (Å²) in [5.74, 6) is -1.01. The number of hydrogen-bond donors (Lipinski definition) is 1. The summed E-state index contributed by atoms with van der Waals surface area (Å²) in [5.41, 5.74) is 0.903. The van der Waals surface area contributed by atoms with Crippen LogP contribution in [0.25, 0.3) is 0 Å². The standard InChI is InChI=1S/C11H18N4O3/c1-4-15(8-10(16)17)11(18)13(2)6-9-5-12-14(3)7-9/h5,7H,4,6,8H2,1-3H3,(H,16,17). The highest BCUT2D eigenvalue weighted by atomic mass is 16.4. The minimum atomic E-state index is -1.01. The molecule has 1 aromatic heterocycles. The first-order chi connectivity index (χ1) is 8.43. The molecule has 0 aromatic carbocycles. The highest BCUT2D eigenvalue weighted by Crippen LogP contribution is 2.04. The fraction of sp³-hybridized carbons (Fsp3) is 0.545. The molecule has 0 radical (unpaired) electrons. The lowest BCUT2D eigenvalue weighted by molar-refractivity contribution is -0.137. The highest BCUT2D eigenvalue weighted by molar-refractivity contribution is 5.79. The fourth-order valence-corrected chi connectivity index (χ4v) is 1.61. The van der Waals surface area contributed by atoms with Gasteiger partial charge in [0.25, 0.3) is 0 Å². The Bertz CT molecular complexity index is 430. The fourth-order valence-electron chi connectivity index (χ4n) is 1.61. The van der Waals surface area contributed by atoms with Crippen LogP contribution in [0.5, 0.6) is 0 Å². The molecule has 0 unspecified atom stereocenters. The average Bonchev–Trinajstić information content (AvgIpc) is 2.70. The molecule has 100 valence electrons. The van der Waals surface area contributed by atoms with Crippen LogP contribution >= 0.6 is 0 Å². The number of hydrogen-bond acceptors (Lipinski definition) is 3. The van der Waals surface area contributed by atoms with Crippen LogP contribution < -0.4 is 0 Å². The van der Waals surface area contributed by atoms with Crippen molar-refractivity contribution in [3.8, 4) is 0 Å². The highest BCUT2D eigenvalue weighted by Gasteiger charge is 2.19. The van der Waals surface area contributed by atoms with Gasteiger partial charge >= 0.3 is 12.0 Å². The lowest BCUT2D eigenvalue weighted by Crippen LogP contribution is -2.43. The second-order valence-electron chi connectivity index (χ2n) is 4.07. The van der Waals surface area contributed by atoms with E-state index in [0.29, 0.717) is 13.1 Å². The molecule has 0 fully saturated rings. The molecule has 0 atom stereocenters. The van der Waals surface area contributed by atoms with Gasteiger partial charge in [0.05, 0.1) is 12.7 Å². The molecule has 7 heteroatoms. The van der Waals surface area contributed by atoms with Crippen molar-refractivity contribution >= 4 is 12.0 Å². The maximum atomic E-state index is 12.0. The molecular formula is C11H18N4O3. The number of urea groups is 1. The first-order valence-electron chi connectivity index (χ1n) is 5.63. The van der Waals surface area contributed by atoms with E-state index < -0.39 is 5.97 Å². The summed E-state index contributed by atoms with van der Waals surface area (Å²) in [6.45, 7) is 2.23. The molecule has 1 aromatic rings. The van der Waals surface area contributed by atoms with Gasteiger partial charge in [0.1, 0.15) is 6.54 Å². The van der Waals surface area contributed by atoms with Crippen molar-refractivity contribution in [1.29, 1.82) is 0 Å². The summed E-state index contributed by atoms with van der Waals surface area (Å²) in [6.07, 6.45) is 3.49. The number of carbonyl (C=O) groups is 2. The molecule has 0 saturated heterocycles. The van der Waals surface area contributed by atoms with E-state index in [9.17, 15) is 9.59 Å². The van der Waals surface area contributed by atoms with Gasteiger partial charge in [0.2, 0.25) is 0 Å². The number of amides is 2. The number of aromatic nitrogens is 2. The second-order valence-corrected chi connectivity index (χ2v) is 4.07. The topological polar surface area (TPSA) is 78.7 Å². The summed E-state index contributed by atoms with van der Waals surface area (Å²) in [7, 11) is 3.44. The third-order valence-corrected chi connectivity index (χ3v) is 2.48. The van der Waals surface area contributed by atoms with Crippen LogP contribution in [0.3, 0.4) is 0 Å². The number of nitrogens with zero attached hydrogens (tertiary/aromatic N) is 4. The van der Waals surface area contributed by atoms with Gasteiger partial charge in [-0.25, -0.2) is 4.79 Å². The maximum absolute atomic E-state index is 12.0. The predicted octanol–water partition coefficient (Wildman–Crippen LogP) is 0.378. The summed E-state index contributed by atoms with van der Waals surface area (Å²) in [5, 5.41) is 12.7. The zero-order valence-corrected chi connectivity index (χ0v) is 10.8. The van der Waals surface area contributed by atoms with Gasteiger partial charge < -0.3 is 14.9 Å². The largest absolute Gasteiger partial charge is 0.480 e. The minimum Gasteiger partial charge on any atom is -0.480 e. The van der Waals surface area contributed by atoms with Gasteiger partial charge in [0, 0.05) is 32.4 Å². The Morgan fingerprint density at radius 3 is 2.61 bits per heavy atom. The smallest absolute Gasteiger partial charge is 0.323 e. The van der Waals surface area contributed by atoms with E-state index in [1.165, 1.54) is 9.80 Å². The number of carboxylic acids is 1. The first-order valence-corrected chi connectivity index (χ1v) is 5.63. The molecule has 1 N–H and O–H groups in total. The van der Waals surface area contributed by atoms with E-state index in [-0.39, 0.29) is 12.6 Å². The van der Waals surface area contributed by atoms with E-state index >= 15 is 0 Å². The van der Waals surface area contributed by atoms with Gasteiger partial charge in [-0.2, -0.15) is 5.10 Å². The Balaban J connectivity index is 2.61. The molecule has 1 rings (SSSR count). The van der Waals surface area contributed by atoms with Crippen molar-refractivity contribution < 1.29 is 14.7 Å². The summed E-state index contributed by atoms with van der Waals surface area (Å²) < 4.78 is 1.66. The monoisotopic (exact) mass is 254 g/mol. The van der Waals surface area contributed by atoms with Crippen LogP contribution in [0, 0.1) is 0 Å². The molecule has 0 aliphatic carbocycles. The summed E-state index contributed by atoms with van der Waals surface area (Å²) in [6, 6.07) is -0.302. The molecule has 7 nitrogen and oxygen atoms in total. The van der Waals surface area contributed by atoms with Gasteiger partial charge in [-0.05, 0) is 6.92 Å². The van der Waals surface area contributed by atoms with Gasteiger partial charge in [-0.1, -0.05) is 0 Å². The summed E-state index contributed by atoms with van der Waals surface area (Å²) >= 11 is 0. The Hall–Kier alpha value is -2.05. The third kappa shape index (κ3) is 3.76. The normalized spacial score (nSPS) is 10.2. The molecule has 0 saturated carbocycles. The van der Waals surface area contributed by atoms with Crippen molar-refractivity contribution in [3.05, 3.63) is 18.0 Å². The van der Waals surface area contributed by atoms with E-state index in [2.05, 4.69) is 5.10 Å². The van der Waals surface area contributed by atoms with E-state index in [1.54, 1.807) is 31.9 Å². The SMILES string of the molecule is CCN(CC(=O)O)C(=O)N(C)Cc1cnn(C)c1. The maximum Gasteiger partial charge on any atom is 0.323 e. The van der Waals surface area contributed by atoms with E-state index in [0.717, 1.165) is 5.56 Å². The Morgan fingerprint density at radius 2 is 2.17 bits per heavy atom. The average molecular weight is 254 g/mol. The Morgan fingerprint density at radius 1 is 1.50 bits per heavy atom. The number of aryl methyl sites for hydroxylation is 1. The zero-order chi connectivity index (χ0) is 13.7. The number of aliphatic carboxylic acids is 1. The van der Waals surface area contributed by atoms with Crippen molar-refractivity contribution in [3.63, 3.8) is 0 Å². The molecular weight excluding hydrogens is 236 g/mol. The Labute approximate surface area is 106 Å². The number of carboxylic acid groups (broad SMARTS) is 1. The lowest BCUT2D eigenvalue weighted by Gasteiger charge is -2.25.